The second kappa shape index (κ2) is 7.43. The molecule has 0 saturated heterocycles. The Labute approximate surface area is 122 Å². The topological polar surface area (TPSA) is 64.1 Å². The summed E-state index contributed by atoms with van der Waals surface area (Å²) in [6.07, 6.45) is 1.43. The Hall–Kier alpha value is -1.17. The highest BCUT2D eigenvalue weighted by Gasteiger charge is 2.21. The average molecular weight is 330 g/mol. The largest absolute Gasteiger partial charge is 0.467 e. The van der Waals surface area contributed by atoms with E-state index >= 15 is 0 Å². The van der Waals surface area contributed by atoms with Crippen LogP contribution in [0.1, 0.15) is 33.0 Å². The zero-order chi connectivity index (χ0) is 14.4. The molecule has 1 aromatic rings. The van der Waals surface area contributed by atoms with Gasteiger partial charge in [-0.05, 0) is 28.3 Å². The smallest absolute Gasteiger partial charge is 0.328 e. The fourth-order valence-corrected chi connectivity index (χ4v) is 2.12. The minimum Gasteiger partial charge on any atom is -0.467 e. The number of aryl methyl sites for hydroxylation is 1. The molecule has 0 spiro atoms. The molecule has 1 atom stereocenters. The first-order valence-electron chi connectivity index (χ1n) is 6.34. The van der Waals surface area contributed by atoms with Gasteiger partial charge < -0.3 is 10.1 Å². The molecule has 106 valence electrons. The van der Waals surface area contributed by atoms with Crippen molar-refractivity contribution in [3.05, 3.63) is 16.5 Å². The van der Waals surface area contributed by atoms with Crippen LogP contribution < -0.4 is 5.32 Å². The Morgan fingerprint density at radius 1 is 1.47 bits per heavy atom. The maximum atomic E-state index is 11.8. The van der Waals surface area contributed by atoms with Crippen LogP contribution >= 0.6 is 15.9 Å². The fraction of sp³-hybridized carbons (Fsp3) is 0.615. The number of methoxy groups -OCH3 is 1. The number of nitrogens with zero attached hydrogens (tertiary/aromatic N) is 2. The van der Waals surface area contributed by atoms with Crippen LogP contribution in [-0.2, 0) is 16.0 Å². The summed E-state index contributed by atoms with van der Waals surface area (Å²) in [7, 11) is 1.39. The molecule has 0 aromatic carbocycles. The zero-order valence-electron chi connectivity index (χ0n) is 11.7. The molecule has 19 heavy (non-hydrogen) atoms. The summed E-state index contributed by atoms with van der Waals surface area (Å²) in [6, 6.07) is 1.37. The van der Waals surface area contributed by atoms with Crippen LogP contribution in [0.5, 0.6) is 0 Å². The van der Waals surface area contributed by atoms with Crippen molar-refractivity contribution in [3.8, 4) is 0 Å². The summed E-state index contributed by atoms with van der Waals surface area (Å²) < 4.78 is 5.52. The van der Waals surface area contributed by atoms with Gasteiger partial charge in [-0.15, -0.1) is 0 Å². The molecule has 0 fully saturated rings. The summed E-state index contributed by atoms with van der Waals surface area (Å²) in [4.78, 5) is 20.3. The number of halogens is 1. The number of hydrogen-bond acceptors (Lipinski definition) is 5. The SMILES string of the molecule is CCc1nc(Br)cc(NC(CC(C)C)C(=O)OC)n1. The van der Waals surface area contributed by atoms with E-state index in [2.05, 4.69) is 45.1 Å². The van der Waals surface area contributed by atoms with E-state index in [9.17, 15) is 4.79 Å². The molecule has 0 aliphatic rings. The van der Waals surface area contributed by atoms with Gasteiger partial charge in [0.05, 0.1) is 7.11 Å². The molecular formula is C13H20BrN3O2. The fourth-order valence-electron chi connectivity index (χ4n) is 1.70. The summed E-state index contributed by atoms with van der Waals surface area (Å²) >= 11 is 3.34. The number of carbonyl (C=O) groups is 1. The van der Waals surface area contributed by atoms with Crippen LogP contribution in [0.4, 0.5) is 5.82 Å². The Bertz CT molecular complexity index is 438. The van der Waals surface area contributed by atoms with E-state index in [1.807, 2.05) is 6.92 Å². The van der Waals surface area contributed by atoms with Gasteiger partial charge in [-0.25, -0.2) is 14.8 Å². The van der Waals surface area contributed by atoms with Gasteiger partial charge in [0.25, 0.3) is 0 Å². The van der Waals surface area contributed by atoms with Gasteiger partial charge in [0.1, 0.15) is 22.3 Å². The molecule has 0 saturated carbocycles. The van der Waals surface area contributed by atoms with E-state index in [0.29, 0.717) is 22.8 Å². The third-order valence-electron chi connectivity index (χ3n) is 2.57. The third kappa shape index (κ3) is 5.14. The lowest BCUT2D eigenvalue weighted by molar-refractivity contribution is -0.141. The molecule has 0 aliphatic heterocycles. The first-order valence-corrected chi connectivity index (χ1v) is 7.13. The van der Waals surface area contributed by atoms with Gasteiger partial charge >= 0.3 is 5.97 Å². The van der Waals surface area contributed by atoms with Gasteiger partial charge in [-0.1, -0.05) is 20.8 Å². The Morgan fingerprint density at radius 3 is 2.68 bits per heavy atom. The van der Waals surface area contributed by atoms with Crippen molar-refractivity contribution >= 4 is 27.7 Å². The summed E-state index contributed by atoms with van der Waals surface area (Å²) in [5.74, 6) is 1.47. The molecule has 1 aromatic heterocycles. The number of carbonyl (C=O) groups excluding carboxylic acids is 1. The first-order chi connectivity index (χ1) is 8.96. The molecule has 5 nitrogen and oxygen atoms in total. The van der Waals surface area contributed by atoms with Crippen LogP contribution in [0.2, 0.25) is 0 Å². The minimum atomic E-state index is -0.392. The van der Waals surface area contributed by atoms with Crippen molar-refractivity contribution in [2.45, 2.75) is 39.7 Å². The number of nitrogens with one attached hydrogen (secondary N) is 1. The molecule has 0 bridgehead atoms. The van der Waals surface area contributed by atoms with E-state index in [1.165, 1.54) is 7.11 Å². The van der Waals surface area contributed by atoms with Crippen LogP contribution in [0.25, 0.3) is 0 Å². The van der Waals surface area contributed by atoms with Gasteiger partial charge in [0.2, 0.25) is 0 Å². The number of hydrogen-bond donors (Lipinski definition) is 1. The predicted octanol–water partition coefficient (Wildman–Crippen LogP) is 2.80. The highest BCUT2D eigenvalue weighted by molar-refractivity contribution is 9.10. The molecular weight excluding hydrogens is 310 g/mol. The molecule has 0 aliphatic carbocycles. The van der Waals surface area contributed by atoms with Crippen molar-refractivity contribution in [2.75, 3.05) is 12.4 Å². The van der Waals surface area contributed by atoms with E-state index in [4.69, 9.17) is 4.74 Å². The molecule has 1 N–H and O–H groups in total. The molecule has 1 heterocycles. The zero-order valence-corrected chi connectivity index (χ0v) is 13.3. The van der Waals surface area contributed by atoms with Crippen LogP contribution in [0.15, 0.2) is 10.7 Å². The highest BCUT2D eigenvalue weighted by atomic mass is 79.9. The summed E-state index contributed by atoms with van der Waals surface area (Å²) in [5, 5.41) is 3.12. The maximum absolute atomic E-state index is 11.8. The van der Waals surface area contributed by atoms with Crippen LogP contribution in [0, 0.1) is 5.92 Å². The van der Waals surface area contributed by atoms with E-state index in [0.717, 1.165) is 12.2 Å². The van der Waals surface area contributed by atoms with Crippen LogP contribution in [0.3, 0.4) is 0 Å². The molecule has 1 unspecified atom stereocenters. The number of rotatable bonds is 6. The first kappa shape index (κ1) is 15.9. The van der Waals surface area contributed by atoms with Crippen molar-refractivity contribution in [1.29, 1.82) is 0 Å². The second-order valence-corrected chi connectivity index (χ2v) is 5.51. The lowest BCUT2D eigenvalue weighted by Crippen LogP contribution is -2.32. The van der Waals surface area contributed by atoms with E-state index in [1.54, 1.807) is 6.07 Å². The monoisotopic (exact) mass is 329 g/mol. The summed E-state index contributed by atoms with van der Waals surface area (Å²) in [5.41, 5.74) is 0. The van der Waals surface area contributed by atoms with Crippen LogP contribution in [-0.4, -0.2) is 29.1 Å². The second-order valence-electron chi connectivity index (χ2n) is 4.70. The van der Waals surface area contributed by atoms with Crippen molar-refractivity contribution in [1.82, 2.24) is 9.97 Å². The molecule has 6 heteroatoms. The van der Waals surface area contributed by atoms with Crippen molar-refractivity contribution < 1.29 is 9.53 Å². The Balaban J connectivity index is 2.89. The van der Waals surface area contributed by atoms with Gasteiger partial charge in [-0.2, -0.15) is 0 Å². The predicted molar refractivity (Wildman–Crippen MR) is 78.0 cm³/mol. The molecule has 0 amide bonds. The van der Waals surface area contributed by atoms with E-state index in [-0.39, 0.29) is 5.97 Å². The number of ether oxygens (including phenoxy) is 1. The third-order valence-corrected chi connectivity index (χ3v) is 2.98. The molecule has 1 rings (SSSR count). The average Bonchev–Trinajstić information content (AvgIpc) is 2.35. The number of aromatic nitrogens is 2. The Morgan fingerprint density at radius 2 is 2.16 bits per heavy atom. The van der Waals surface area contributed by atoms with Gasteiger partial charge in [0.15, 0.2) is 0 Å². The lowest BCUT2D eigenvalue weighted by atomic mass is 10.0. The normalized spacial score (nSPS) is 12.3. The standard InChI is InChI=1S/C13H20BrN3O2/c1-5-11-16-10(14)7-12(17-11)15-9(6-8(2)3)13(18)19-4/h7-9H,5-6H2,1-4H3,(H,15,16,17). The lowest BCUT2D eigenvalue weighted by Gasteiger charge is -2.19. The Kier molecular flexibility index (Phi) is 6.21. The van der Waals surface area contributed by atoms with Gasteiger partial charge in [-0.3, -0.25) is 0 Å². The van der Waals surface area contributed by atoms with E-state index < -0.39 is 6.04 Å². The van der Waals surface area contributed by atoms with Gasteiger partial charge in [0, 0.05) is 12.5 Å². The number of esters is 1. The van der Waals surface area contributed by atoms with Crippen molar-refractivity contribution in [3.63, 3.8) is 0 Å². The number of anilines is 1. The minimum absolute atomic E-state index is 0.276. The molecule has 0 radical (unpaired) electrons. The maximum Gasteiger partial charge on any atom is 0.328 e. The van der Waals surface area contributed by atoms with Crippen molar-refractivity contribution in [2.24, 2.45) is 5.92 Å². The quantitative estimate of drug-likeness (QED) is 0.642. The summed E-state index contributed by atoms with van der Waals surface area (Å²) in [6.45, 7) is 6.10. The highest BCUT2D eigenvalue weighted by Crippen LogP contribution is 2.16.